The molecule has 0 spiro atoms. The second-order valence-corrected chi connectivity index (χ2v) is 5.07. The van der Waals surface area contributed by atoms with Crippen LogP contribution in [0.3, 0.4) is 0 Å². The Morgan fingerprint density at radius 1 is 1.06 bits per heavy atom. The summed E-state index contributed by atoms with van der Waals surface area (Å²) < 4.78 is 27.7. The molecule has 0 fully saturated rings. The van der Waals surface area contributed by atoms with E-state index in [1.165, 1.54) is 12.1 Å². The molecule has 0 saturated heterocycles. The van der Waals surface area contributed by atoms with E-state index in [4.69, 9.17) is 11.6 Å². The van der Waals surface area contributed by atoms with Gasteiger partial charge in [0, 0.05) is 21.6 Å². The molecule has 0 amide bonds. The van der Waals surface area contributed by atoms with E-state index in [0.717, 1.165) is 4.47 Å². The van der Waals surface area contributed by atoms with E-state index >= 15 is 0 Å². The summed E-state index contributed by atoms with van der Waals surface area (Å²) in [6.07, 6.45) is 0. The number of anilines is 1. The van der Waals surface area contributed by atoms with Crippen LogP contribution in [0.15, 0.2) is 40.9 Å². The van der Waals surface area contributed by atoms with Crippen molar-refractivity contribution in [1.82, 2.24) is 0 Å². The fourth-order valence-electron chi connectivity index (χ4n) is 1.49. The number of rotatable bonds is 3. The van der Waals surface area contributed by atoms with Gasteiger partial charge in [0.1, 0.15) is 11.6 Å². The molecule has 0 aliphatic carbocycles. The minimum Gasteiger partial charge on any atom is -0.378 e. The van der Waals surface area contributed by atoms with E-state index in [1.54, 1.807) is 24.3 Å². The maximum Gasteiger partial charge on any atom is 0.146 e. The van der Waals surface area contributed by atoms with Crippen molar-refractivity contribution in [3.63, 3.8) is 0 Å². The standard InChI is InChI=1S/C13H9BrClF2N/c14-9-2-4-11(16)13(5-9)18-7-8-1-3-10(15)6-12(8)17/h1-6,18H,7H2. The second-order valence-electron chi connectivity index (χ2n) is 3.71. The third-order valence-corrected chi connectivity index (χ3v) is 3.14. The molecule has 0 atom stereocenters. The lowest BCUT2D eigenvalue weighted by Crippen LogP contribution is -2.03. The lowest BCUT2D eigenvalue weighted by atomic mass is 10.2. The van der Waals surface area contributed by atoms with Crippen molar-refractivity contribution in [2.24, 2.45) is 0 Å². The van der Waals surface area contributed by atoms with E-state index < -0.39 is 5.82 Å². The highest BCUT2D eigenvalue weighted by Crippen LogP contribution is 2.21. The molecule has 0 aromatic heterocycles. The Morgan fingerprint density at radius 3 is 2.56 bits per heavy atom. The third kappa shape index (κ3) is 3.21. The highest BCUT2D eigenvalue weighted by atomic mass is 79.9. The van der Waals surface area contributed by atoms with E-state index in [0.29, 0.717) is 16.3 Å². The average Bonchev–Trinajstić information content (AvgIpc) is 2.32. The first kappa shape index (κ1) is 13.3. The Kier molecular flexibility index (Phi) is 4.19. The highest BCUT2D eigenvalue weighted by Gasteiger charge is 2.05. The monoisotopic (exact) mass is 331 g/mol. The van der Waals surface area contributed by atoms with E-state index in [9.17, 15) is 8.78 Å². The summed E-state index contributed by atoms with van der Waals surface area (Å²) >= 11 is 8.90. The number of hydrogen-bond acceptors (Lipinski definition) is 1. The summed E-state index contributed by atoms with van der Waals surface area (Å²) in [7, 11) is 0. The molecule has 0 unspecified atom stereocenters. The predicted octanol–water partition coefficient (Wildman–Crippen LogP) is 4.99. The Morgan fingerprint density at radius 2 is 1.83 bits per heavy atom. The van der Waals surface area contributed by atoms with Gasteiger partial charge in [0.25, 0.3) is 0 Å². The molecule has 5 heteroatoms. The van der Waals surface area contributed by atoms with Crippen molar-refractivity contribution in [2.45, 2.75) is 6.54 Å². The zero-order chi connectivity index (χ0) is 13.1. The molecule has 0 heterocycles. The van der Waals surface area contributed by atoms with Crippen LogP contribution in [0.5, 0.6) is 0 Å². The molecule has 2 aromatic carbocycles. The smallest absolute Gasteiger partial charge is 0.146 e. The molecular weight excluding hydrogens is 324 g/mol. The first-order chi connectivity index (χ1) is 8.56. The largest absolute Gasteiger partial charge is 0.378 e. The summed E-state index contributed by atoms with van der Waals surface area (Å²) in [5.41, 5.74) is 0.748. The maximum atomic E-state index is 13.5. The van der Waals surface area contributed by atoms with Crippen LogP contribution in [0.4, 0.5) is 14.5 Å². The van der Waals surface area contributed by atoms with Crippen LogP contribution in [0, 0.1) is 11.6 Å². The quantitative estimate of drug-likeness (QED) is 0.834. The summed E-state index contributed by atoms with van der Waals surface area (Å²) in [5, 5.41) is 3.18. The molecule has 1 N–H and O–H groups in total. The van der Waals surface area contributed by atoms with Gasteiger partial charge in [-0.1, -0.05) is 33.6 Å². The first-order valence-electron chi connectivity index (χ1n) is 5.19. The van der Waals surface area contributed by atoms with Crippen molar-refractivity contribution < 1.29 is 8.78 Å². The van der Waals surface area contributed by atoms with Crippen molar-refractivity contribution in [2.75, 3.05) is 5.32 Å². The molecule has 2 rings (SSSR count). The summed E-state index contributed by atoms with van der Waals surface area (Å²) in [6, 6.07) is 8.94. The van der Waals surface area contributed by atoms with E-state index in [2.05, 4.69) is 21.2 Å². The van der Waals surface area contributed by atoms with Crippen molar-refractivity contribution in [3.05, 3.63) is 63.1 Å². The van der Waals surface area contributed by atoms with Crippen LogP contribution in [0.2, 0.25) is 5.02 Å². The Labute approximate surface area is 117 Å². The Hall–Kier alpha value is -1.13. The summed E-state index contributed by atoms with van der Waals surface area (Å²) in [5.74, 6) is -0.794. The molecule has 0 aliphatic rings. The zero-order valence-corrected chi connectivity index (χ0v) is 11.5. The van der Waals surface area contributed by atoms with Crippen LogP contribution >= 0.6 is 27.5 Å². The van der Waals surface area contributed by atoms with Gasteiger partial charge in [-0.15, -0.1) is 0 Å². The topological polar surface area (TPSA) is 12.0 Å². The SMILES string of the molecule is Fc1cc(Cl)ccc1CNc1cc(Br)ccc1F. The van der Waals surface area contributed by atoms with Crippen LogP contribution < -0.4 is 5.32 Å². The molecule has 0 radical (unpaired) electrons. The minimum atomic E-state index is -0.412. The zero-order valence-electron chi connectivity index (χ0n) is 9.18. The van der Waals surface area contributed by atoms with Crippen LogP contribution in [0.25, 0.3) is 0 Å². The summed E-state index contributed by atoms with van der Waals surface area (Å²) in [4.78, 5) is 0. The fraction of sp³-hybridized carbons (Fsp3) is 0.0769. The highest BCUT2D eigenvalue weighted by molar-refractivity contribution is 9.10. The Bertz CT molecular complexity index is 575. The molecule has 94 valence electrons. The maximum absolute atomic E-state index is 13.5. The van der Waals surface area contributed by atoms with Gasteiger partial charge in [-0.05, 0) is 30.3 Å². The number of halogens is 4. The lowest BCUT2D eigenvalue weighted by molar-refractivity contribution is 0.610. The normalized spacial score (nSPS) is 10.4. The molecule has 18 heavy (non-hydrogen) atoms. The minimum absolute atomic E-state index is 0.191. The third-order valence-electron chi connectivity index (χ3n) is 2.41. The number of benzene rings is 2. The van der Waals surface area contributed by atoms with Gasteiger partial charge in [-0.2, -0.15) is 0 Å². The van der Waals surface area contributed by atoms with Gasteiger partial charge >= 0.3 is 0 Å². The van der Waals surface area contributed by atoms with Crippen LogP contribution in [-0.4, -0.2) is 0 Å². The van der Waals surface area contributed by atoms with Crippen molar-refractivity contribution in [3.8, 4) is 0 Å². The Balaban J connectivity index is 2.13. The van der Waals surface area contributed by atoms with E-state index in [1.807, 2.05) is 0 Å². The molecule has 1 nitrogen and oxygen atoms in total. The first-order valence-corrected chi connectivity index (χ1v) is 6.36. The van der Waals surface area contributed by atoms with Gasteiger partial charge in [0.2, 0.25) is 0 Å². The van der Waals surface area contributed by atoms with Crippen molar-refractivity contribution in [1.29, 1.82) is 0 Å². The molecule has 0 bridgehead atoms. The average molecular weight is 333 g/mol. The van der Waals surface area contributed by atoms with Crippen molar-refractivity contribution >= 4 is 33.2 Å². The van der Waals surface area contributed by atoms with Gasteiger partial charge in [-0.25, -0.2) is 8.78 Å². The number of hydrogen-bond donors (Lipinski definition) is 1. The van der Waals surface area contributed by atoms with Gasteiger partial charge in [0.05, 0.1) is 5.69 Å². The van der Waals surface area contributed by atoms with E-state index in [-0.39, 0.29) is 12.4 Å². The van der Waals surface area contributed by atoms with Gasteiger partial charge in [-0.3, -0.25) is 0 Å². The fourth-order valence-corrected chi connectivity index (χ4v) is 2.01. The van der Waals surface area contributed by atoms with Crippen LogP contribution in [-0.2, 0) is 6.54 Å². The molecule has 2 aromatic rings. The predicted molar refractivity (Wildman–Crippen MR) is 72.8 cm³/mol. The molecular formula is C13H9BrClF2N. The van der Waals surface area contributed by atoms with Gasteiger partial charge < -0.3 is 5.32 Å². The number of nitrogens with one attached hydrogen (secondary N) is 1. The molecule has 0 aliphatic heterocycles. The van der Waals surface area contributed by atoms with Gasteiger partial charge in [0.15, 0.2) is 0 Å². The second kappa shape index (κ2) is 5.67. The lowest BCUT2D eigenvalue weighted by Gasteiger charge is -2.09. The van der Waals surface area contributed by atoms with Crippen LogP contribution in [0.1, 0.15) is 5.56 Å². The molecule has 0 saturated carbocycles. The summed E-state index contributed by atoms with van der Waals surface area (Å²) in [6.45, 7) is 0.191.